The van der Waals surface area contributed by atoms with E-state index in [9.17, 15) is 13.2 Å². The van der Waals surface area contributed by atoms with Gasteiger partial charge < -0.3 is 9.64 Å². The van der Waals surface area contributed by atoms with E-state index in [-0.39, 0.29) is 18.3 Å². The van der Waals surface area contributed by atoms with Crippen molar-refractivity contribution in [2.24, 2.45) is 0 Å². The lowest BCUT2D eigenvalue weighted by Gasteiger charge is -2.28. The van der Waals surface area contributed by atoms with Crippen LogP contribution in [-0.2, 0) is 14.6 Å². The number of rotatable bonds is 5. The maximum absolute atomic E-state index is 12.9. The topological polar surface area (TPSA) is 63.7 Å². The molecule has 2 aromatic carbocycles. The van der Waals surface area contributed by atoms with Crippen molar-refractivity contribution in [2.45, 2.75) is 13.0 Å². The largest absolute Gasteiger partial charge is 0.482 e. The molecular weight excluding hydrogens is 409 g/mol. The predicted molar refractivity (Wildman–Crippen MR) is 107 cm³/mol. The zero-order valence-corrected chi connectivity index (χ0v) is 16.8. The molecule has 1 heterocycles. The van der Waals surface area contributed by atoms with Crippen molar-refractivity contribution in [2.75, 3.05) is 17.3 Å². The van der Waals surface area contributed by atoms with Crippen LogP contribution >= 0.6 is 23.2 Å². The number of hydrogen-bond acceptors (Lipinski definition) is 4. The van der Waals surface area contributed by atoms with E-state index in [1.54, 1.807) is 24.3 Å². The quantitative estimate of drug-likeness (QED) is 0.725. The third-order valence-corrected chi connectivity index (χ3v) is 5.98. The summed E-state index contributed by atoms with van der Waals surface area (Å²) in [4.78, 5) is 14.3. The summed E-state index contributed by atoms with van der Waals surface area (Å²) in [6.07, 6.45) is 1.52. The van der Waals surface area contributed by atoms with Gasteiger partial charge in [0.1, 0.15) is 5.75 Å². The Kier molecular flexibility index (Phi) is 5.79. The third kappa shape index (κ3) is 4.83. The minimum atomic E-state index is -3.32. The molecule has 3 rings (SSSR count). The molecule has 1 amide bonds. The Labute approximate surface area is 168 Å². The smallest absolute Gasteiger partial charge is 0.265 e. The first-order valence-electron chi connectivity index (χ1n) is 8.13. The average Bonchev–Trinajstić information content (AvgIpc) is 2.95. The van der Waals surface area contributed by atoms with Crippen LogP contribution < -0.4 is 9.64 Å². The fraction of sp³-hybridized carbons (Fsp3) is 0.211. The summed E-state index contributed by atoms with van der Waals surface area (Å²) in [5, 5.41) is 1.89. The molecule has 27 heavy (non-hydrogen) atoms. The molecule has 0 fully saturated rings. The van der Waals surface area contributed by atoms with Crippen LogP contribution in [0.3, 0.4) is 0 Å². The molecule has 0 aliphatic carbocycles. The molecule has 0 spiro atoms. The van der Waals surface area contributed by atoms with Gasteiger partial charge in [0.25, 0.3) is 5.91 Å². The van der Waals surface area contributed by atoms with E-state index in [0.717, 1.165) is 11.0 Å². The molecular formula is C19H17Cl2NO4S. The van der Waals surface area contributed by atoms with Gasteiger partial charge in [0.2, 0.25) is 0 Å². The minimum absolute atomic E-state index is 0.158. The van der Waals surface area contributed by atoms with Crippen LogP contribution in [0.5, 0.6) is 5.75 Å². The first-order chi connectivity index (χ1) is 12.7. The van der Waals surface area contributed by atoms with Gasteiger partial charge in [-0.05, 0) is 43.3 Å². The van der Waals surface area contributed by atoms with E-state index in [1.165, 1.54) is 17.0 Å². The number of halogens is 2. The van der Waals surface area contributed by atoms with Gasteiger partial charge in [-0.1, -0.05) is 40.9 Å². The molecule has 1 atom stereocenters. The van der Waals surface area contributed by atoms with Gasteiger partial charge in [-0.25, -0.2) is 8.42 Å². The number of sulfone groups is 1. The fourth-order valence-electron chi connectivity index (χ4n) is 2.75. The van der Waals surface area contributed by atoms with Crippen LogP contribution in [0.15, 0.2) is 53.9 Å². The summed E-state index contributed by atoms with van der Waals surface area (Å²) in [6.45, 7) is 1.64. The van der Waals surface area contributed by atoms with Gasteiger partial charge in [-0.2, -0.15) is 0 Å². The van der Waals surface area contributed by atoms with E-state index >= 15 is 0 Å². The second-order valence-electron chi connectivity index (χ2n) is 6.19. The maximum atomic E-state index is 12.9. The van der Waals surface area contributed by atoms with E-state index in [0.29, 0.717) is 21.5 Å². The van der Waals surface area contributed by atoms with E-state index < -0.39 is 15.9 Å². The predicted octanol–water partition coefficient (Wildman–Crippen LogP) is 4.02. The SMILES string of the molecule is Cc1ccc(N(C(=O)COc2ccc(Cl)cc2Cl)C2C=CS(=O)(=O)C2)cc1. The highest BCUT2D eigenvalue weighted by molar-refractivity contribution is 7.94. The van der Waals surface area contributed by atoms with Crippen LogP contribution in [0.1, 0.15) is 5.56 Å². The number of hydrogen-bond donors (Lipinski definition) is 0. The number of ether oxygens (including phenoxy) is 1. The Bertz CT molecular complexity index is 987. The molecule has 1 unspecified atom stereocenters. The molecule has 1 aliphatic rings. The van der Waals surface area contributed by atoms with E-state index in [4.69, 9.17) is 27.9 Å². The number of anilines is 1. The van der Waals surface area contributed by atoms with Gasteiger partial charge >= 0.3 is 0 Å². The zero-order valence-electron chi connectivity index (χ0n) is 14.4. The number of carbonyl (C=O) groups excluding carboxylic acids is 1. The summed E-state index contributed by atoms with van der Waals surface area (Å²) in [7, 11) is -3.32. The lowest BCUT2D eigenvalue weighted by Crippen LogP contribution is -2.43. The van der Waals surface area contributed by atoms with Crippen molar-refractivity contribution in [3.63, 3.8) is 0 Å². The third-order valence-electron chi connectivity index (χ3n) is 4.07. The van der Waals surface area contributed by atoms with Crippen molar-refractivity contribution < 1.29 is 17.9 Å². The molecule has 0 N–H and O–H groups in total. The first kappa shape index (κ1) is 19.7. The highest BCUT2D eigenvalue weighted by Crippen LogP contribution is 2.28. The lowest BCUT2D eigenvalue weighted by atomic mass is 10.1. The Hall–Kier alpha value is -2.02. The van der Waals surface area contributed by atoms with Crippen LogP contribution in [-0.4, -0.2) is 32.7 Å². The second kappa shape index (κ2) is 7.92. The van der Waals surface area contributed by atoms with Crippen LogP contribution in [0.4, 0.5) is 5.69 Å². The van der Waals surface area contributed by atoms with Crippen molar-refractivity contribution in [3.05, 3.63) is 69.6 Å². The zero-order chi connectivity index (χ0) is 19.6. The molecule has 1 aliphatic heterocycles. The number of benzene rings is 2. The monoisotopic (exact) mass is 425 g/mol. The molecule has 142 valence electrons. The molecule has 0 saturated heterocycles. The van der Waals surface area contributed by atoms with Crippen molar-refractivity contribution in [3.8, 4) is 5.75 Å². The van der Waals surface area contributed by atoms with Crippen LogP contribution in [0, 0.1) is 6.92 Å². The second-order valence-corrected chi connectivity index (χ2v) is 8.96. The standard InChI is InChI=1S/C19H17Cl2NO4S/c1-13-2-5-15(6-3-13)22(16-8-9-27(24,25)12-16)19(23)11-26-18-7-4-14(20)10-17(18)21/h2-10,16H,11-12H2,1H3. The van der Waals surface area contributed by atoms with Gasteiger partial charge in [0, 0.05) is 16.1 Å². The van der Waals surface area contributed by atoms with Crippen LogP contribution in [0.2, 0.25) is 10.0 Å². The number of carbonyl (C=O) groups is 1. The molecule has 0 saturated carbocycles. The molecule has 0 aromatic heterocycles. The Morgan fingerprint density at radius 2 is 1.89 bits per heavy atom. The maximum Gasteiger partial charge on any atom is 0.265 e. The average molecular weight is 426 g/mol. The Balaban J connectivity index is 1.82. The molecule has 0 bridgehead atoms. The molecule has 5 nitrogen and oxygen atoms in total. The number of nitrogens with zero attached hydrogens (tertiary/aromatic N) is 1. The Morgan fingerprint density at radius 3 is 2.48 bits per heavy atom. The summed E-state index contributed by atoms with van der Waals surface area (Å²) in [6, 6.07) is 11.4. The minimum Gasteiger partial charge on any atom is -0.482 e. The number of amides is 1. The van der Waals surface area contributed by atoms with E-state index in [1.807, 2.05) is 19.1 Å². The van der Waals surface area contributed by atoms with E-state index in [2.05, 4.69) is 0 Å². The molecule has 0 radical (unpaired) electrons. The van der Waals surface area contributed by atoms with Crippen molar-refractivity contribution in [1.29, 1.82) is 0 Å². The first-order valence-corrected chi connectivity index (χ1v) is 10.6. The normalized spacial score (nSPS) is 17.7. The van der Waals surface area contributed by atoms with Crippen molar-refractivity contribution >= 4 is 44.6 Å². The van der Waals surface area contributed by atoms with Crippen LogP contribution in [0.25, 0.3) is 0 Å². The van der Waals surface area contributed by atoms with Gasteiger partial charge in [0.15, 0.2) is 16.4 Å². The van der Waals surface area contributed by atoms with Crippen molar-refractivity contribution in [1.82, 2.24) is 0 Å². The Morgan fingerprint density at radius 1 is 1.19 bits per heavy atom. The number of aryl methyl sites for hydroxylation is 1. The summed E-state index contributed by atoms with van der Waals surface area (Å²) in [5.74, 6) is -0.210. The highest BCUT2D eigenvalue weighted by atomic mass is 35.5. The van der Waals surface area contributed by atoms with Gasteiger partial charge in [-0.15, -0.1) is 0 Å². The van der Waals surface area contributed by atoms with Gasteiger partial charge in [0.05, 0.1) is 16.8 Å². The fourth-order valence-corrected chi connectivity index (χ4v) is 4.48. The summed E-state index contributed by atoms with van der Waals surface area (Å²) < 4.78 is 29.2. The highest BCUT2D eigenvalue weighted by Gasteiger charge is 2.31. The lowest BCUT2D eigenvalue weighted by molar-refractivity contribution is -0.120. The molecule has 8 heteroatoms. The summed E-state index contributed by atoms with van der Waals surface area (Å²) >= 11 is 11.9. The van der Waals surface area contributed by atoms with Gasteiger partial charge in [-0.3, -0.25) is 4.79 Å². The summed E-state index contributed by atoms with van der Waals surface area (Å²) in [5.41, 5.74) is 1.63. The molecule has 2 aromatic rings.